The standard InChI is InChI=1S/C19H33N/c1-18-11-4-3-5-13(18)6-7-14-15-8-9-17(20)19(15,2)12-10-16(14)18/h13-17H,3-12,20H2,1-2H3/t13?,14-,15-,16-,17?,18-,19-/m0/s1. The highest BCUT2D eigenvalue weighted by atomic mass is 14.8. The Balaban J connectivity index is 1.64. The highest BCUT2D eigenvalue weighted by Gasteiger charge is 2.58. The van der Waals surface area contributed by atoms with Crippen LogP contribution in [-0.4, -0.2) is 6.04 Å². The van der Waals surface area contributed by atoms with Crippen LogP contribution in [-0.2, 0) is 0 Å². The topological polar surface area (TPSA) is 26.0 Å². The molecule has 0 aromatic rings. The summed E-state index contributed by atoms with van der Waals surface area (Å²) in [5, 5.41) is 0. The normalized spacial score (nSPS) is 58.6. The first-order chi connectivity index (χ1) is 9.56. The Morgan fingerprint density at radius 1 is 0.750 bits per heavy atom. The van der Waals surface area contributed by atoms with Crippen LogP contribution < -0.4 is 5.73 Å². The fraction of sp³-hybridized carbons (Fsp3) is 1.00. The fourth-order valence-corrected chi connectivity index (χ4v) is 7.34. The van der Waals surface area contributed by atoms with Crippen molar-refractivity contribution in [3.8, 4) is 0 Å². The molecule has 0 aromatic heterocycles. The predicted molar refractivity (Wildman–Crippen MR) is 84.3 cm³/mol. The van der Waals surface area contributed by atoms with Gasteiger partial charge in [-0.2, -0.15) is 0 Å². The van der Waals surface area contributed by atoms with E-state index >= 15 is 0 Å². The van der Waals surface area contributed by atoms with Crippen LogP contribution in [0.15, 0.2) is 0 Å². The molecule has 0 aromatic carbocycles. The molecule has 4 aliphatic carbocycles. The molecule has 4 rings (SSSR count). The van der Waals surface area contributed by atoms with Crippen molar-refractivity contribution in [3.63, 3.8) is 0 Å². The first-order valence-electron chi connectivity index (χ1n) is 9.31. The third kappa shape index (κ3) is 1.65. The lowest BCUT2D eigenvalue weighted by molar-refractivity contribution is -0.105. The minimum atomic E-state index is 0.485. The zero-order valence-corrected chi connectivity index (χ0v) is 13.5. The summed E-state index contributed by atoms with van der Waals surface area (Å²) in [6.45, 7) is 5.20. The van der Waals surface area contributed by atoms with Gasteiger partial charge in [0.2, 0.25) is 0 Å². The average Bonchev–Trinajstić information content (AvgIpc) is 2.74. The Labute approximate surface area is 125 Å². The van der Waals surface area contributed by atoms with Gasteiger partial charge in [-0.1, -0.05) is 26.7 Å². The molecule has 4 saturated carbocycles. The van der Waals surface area contributed by atoms with Gasteiger partial charge >= 0.3 is 0 Å². The Morgan fingerprint density at radius 3 is 2.40 bits per heavy atom. The molecule has 0 saturated heterocycles. The molecular formula is C19H33N. The third-order valence-corrected chi connectivity index (χ3v) is 8.66. The molecule has 1 heteroatoms. The maximum Gasteiger partial charge on any atom is 0.00957 e. The zero-order valence-electron chi connectivity index (χ0n) is 13.5. The van der Waals surface area contributed by atoms with Gasteiger partial charge in [-0.15, -0.1) is 0 Å². The van der Waals surface area contributed by atoms with Crippen LogP contribution in [0.4, 0.5) is 0 Å². The summed E-state index contributed by atoms with van der Waals surface area (Å²) in [4.78, 5) is 0. The van der Waals surface area contributed by atoms with Gasteiger partial charge in [-0.05, 0) is 85.9 Å². The monoisotopic (exact) mass is 275 g/mol. The highest BCUT2D eigenvalue weighted by molar-refractivity contribution is 5.09. The Bertz CT molecular complexity index is 391. The third-order valence-electron chi connectivity index (χ3n) is 8.66. The van der Waals surface area contributed by atoms with Crippen molar-refractivity contribution in [2.45, 2.75) is 84.1 Å². The first-order valence-corrected chi connectivity index (χ1v) is 9.31. The molecule has 0 amide bonds. The van der Waals surface area contributed by atoms with Crippen LogP contribution in [0.1, 0.15) is 78.1 Å². The zero-order chi connectivity index (χ0) is 14.0. The van der Waals surface area contributed by atoms with E-state index in [2.05, 4.69) is 13.8 Å². The van der Waals surface area contributed by atoms with Gasteiger partial charge in [0.1, 0.15) is 0 Å². The molecule has 2 N–H and O–H groups in total. The van der Waals surface area contributed by atoms with Crippen molar-refractivity contribution in [2.24, 2.45) is 40.2 Å². The van der Waals surface area contributed by atoms with Crippen molar-refractivity contribution in [1.29, 1.82) is 0 Å². The van der Waals surface area contributed by atoms with E-state index in [1.54, 1.807) is 0 Å². The van der Waals surface area contributed by atoms with E-state index in [-0.39, 0.29) is 0 Å². The summed E-state index contributed by atoms with van der Waals surface area (Å²) < 4.78 is 0. The number of fused-ring (bicyclic) bond motifs is 5. The van der Waals surface area contributed by atoms with Gasteiger partial charge in [0.25, 0.3) is 0 Å². The van der Waals surface area contributed by atoms with E-state index < -0.39 is 0 Å². The van der Waals surface area contributed by atoms with Crippen molar-refractivity contribution >= 4 is 0 Å². The van der Waals surface area contributed by atoms with Crippen LogP contribution in [0.2, 0.25) is 0 Å². The van der Waals surface area contributed by atoms with Gasteiger partial charge in [0.05, 0.1) is 0 Å². The van der Waals surface area contributed by atoms with E-state index in [0.29, 0.717) is 16.9 Å². The maximum atomic E-state index is 6.51. The number of hydrogen-bond donors (Lipinski definition) is 1. The average molecular weight is 275 g/mol. The largest absolute Gasteiger partial charge is 0.327 e. The number of nitrogens with two attached hydrogens (primary N) is 1. The Kier molecular flexibility index (Phi) is 3.05. The van der Waals surface area contributed by atoms with Crippen LogP contribution >= 0.6 is 0 Å². The van der Waals surface area contributed by atoms with Gasteiger partial charge in [0.15, 0.2) is 0 Å². The smallest absolute Gasteiger partial charge is 0.00957 e. The Morgan fingerprint density at radius 2 is 1.55 bits per heavy atom. The van der Waals surface area contributed by atoms with Gasteiger partial charge in [0, 0.05) is 6.04 Å². The number of rotatable bonds is 0. The van der Waals surface area contributed by atoms with Crippen LogP contribution in [0.5, 0.6) is 0 Å². The van der Waals surface area contributed by atoms with Crippen molar-refractivity contribution in [1.82, 2.24) is 0 Å². The van der Waals surface area contributed by atoms with Crippen molar-refractivity contribution in [3.05, 3.63) is 0 Å². The van der Waals surface area contributed by atoms with E-state index in [1.165, 1.54) is 64.2 Å². The molecular weight excluding hydrogens is 242 g/mol. The minimum absolute atomic E-state index is 0.485. The molecule has 7 atom stereocenters. The summed E-state index contributed by atoms with van der Waals surface area (Å²) in [6, 6.07) is 0.491. The van der Waals surface area contributed by atoms with Gasteiger partial charge in [-0.3, -0.25) is 0 Å². The summed E-state index contributed by atoms with van der Waals surface area (Å²) in [7, 11) is 0. The SMILES string of the molecule is C[C@]12CCCCC1CC[C@@H]1[C@@H]2CC[C@]2(C)C(N)CC[C@@H]12. The van der Waals surface area contributed by atoms with Crippen LogP contribution in [0.3, 0.4) is 0 Å². The molecule has 4 aliphatic rings. The van der Waals surface area contributed by atoms with E-state index in [9.17, 15) is 0 Å². The molecule has 2 unspecified atom stereocenters. The maximum absolute atomic E-state index is 6.51. The van der Waals surface area contributed by atoms with E-state index in [1.807, 2.05) is 0 Å². The molecule has 4 fully saturated rings. The molecule has 114 valence electrons. The van der Waals surface area contributed by atoms with Crippen LogP contribution in [0, 0.1) is 34.5 Å². The molecule has 0 aliphatic heterocycles. The van der Waals surface area contributed by atoms with Gasteiger partial charge < -0.3 is 5.73 Å². The lowest BCUT2D eigenvalue weighted by atomic mass is 9.45. The second kappa shape index (κ2) is 4.48. The highest BCUT2D eigenvalue weighted by Crippen LogP contribution is 2.65. The lowest BCUT2D eigenvalue weighted by Crippen LogP contribution is -2.54. The summed E-state index contributed by atoms with van der Waals surface area (Å²) in [5.41, 5.74) is 7.69. The second-order valence-electron chi connectivity index (χ2n) is 9.13. The molecule has 0 spiro atoms. The van der Waals surface area contributed by atoms with Crippen molar-refractivity contribution in [2.75, 3.05) is 0 Å². The molecule has 1 nitrogen and oxygen atoms in total. The molecule has 20 heavy (non-hydrogen) atoms. The summed E-state index contributed by atoms with van der Waals surface area (Å²) in [5.74, 6) is 4.06. The quantitative estimate of drug-likeness (QED) is 0.678. The van der Waals surface area contributed by atoms with E-state index in [4.69, 9.17) is 5.73 Å². The number of hydrogen-bond acceptors (Lipinski definition) is 1. The van der Waals surface area contributed by atoms with Crippen molar-refractivity contribution < 1.29 is 0 Å². The minimum Gasteiger partial charge on any atom is -0.327 e. The second-order valence-corrected chi connectivity index (χ2v) is 9.13. The molecule has 0 radical (unpaired) electrons. The molecule has 0 bridgehead atoms. The predicted octanol–water partition coefficient (Wildman–Crippen LogP) is 4.75. The summed E-state index contributed by atoms with van der Waals surface area (Å²) in [6.07, 6.45) is 14.7. The fourth-order valence-electron chi connectivity index (χ4n) is 7.34. The first kappa shape index (κ1) is 13.6. The van der Waals surface area contributed by atoms with Gasteiger partial charge in [-0.25, -0.2) is 0 Å². The Hall–Kier alpha value is -0.0400. The lowest BCUT2D eigenvalue weighted by Gasteiger charge is -2.60. The van der Waals surface area contributed by atoms with E-state index in [0.717, 1.165) is 23.7 Å². The van der Waals surface area contributed by atoms with Crippen LogP contribution in [0.25, 0.3) is 0 Å². The summed E-state index contributed by atoms with van der Waals surface area (Å²) >= 11 is 0. The molecule has 0 heterocycles.